The number of carbonyl (C=O) groups is 1. The van der Waals surface area contributed by atoms with Crippen molar-refractivity contribution in [3.8, 4) is 0 Å². The third-order valence-electron chi connectivity index (χ3n) is 4.63. The lowest BCUT2D eigenvalue weighted by atomic mass is 9.89. The van der Waals surface area contributed by atoms with Gasteiger partial charge in [0.2, 0.25) is 5.91 Å². The van der Waals surface area contributed by atoms with E-state index < -0.39 is 0 Å². The zero-order valence-electron chi connectivity index (χ0n) is 11.9. The molecule has 2 heterocycles. The van der Waals surface area contributed by atoms with Crippen molar-refractivity contribution < 1.29 is 14.3 Å². The molecule has 0 radical (unpaired) electrons. The minimum Gasteiger partial charge on any atom is -0.375 e. The van der Waals surface area contributed by atoms with Gasteiger partial charge in [-0.1, -0.05) is 6.92 Å². The van der Waals surface area contributed by atoms with Crippen molar-refractivity contribution in [2.45, 2.75) is 57.2 Å². The van der Waals surface area contributed by atoms with Gasteiger partial charge < -0.3 is 14.4 Å². The molecule has 0 bridgehead atoms. The molecule has 4 nitrogen and oxygen atoms in total. The zero-order chi connectivity index (χ0) is 13.3. The third-order valence-corrected chi connectivity index (χ3v) is 4.63. The van der Waals surface area contributed by atoms with Crippen molar-refractivity contribution in [3.05, 3.63) is 0 Å². The molecule has 3 aliphatic rings. The molecule has 1 amide bonds. The van der Waals surface area contributed by atoms with Crippen LogP contribution < -0.4 is 0 Å². The SMILES string of the molecule is CCC(=O)N1CCC[C@]2(C[C@H](OCC3CC3)CO2)C1. The van der Waals surface area contributed by atoms with Gasteiger partial charge in [0.25, 0.3) is 0 Å². The number of carbonyl (C=O) groups excluding carboxylic acids is 1. The van der Waals surface area contributed by atoms with Gasteiger partial charge in [-0.25, -0.2) is 0 Å². The Hall–Kier alpha value is -0.610. The van der Waals surface area contributed by atoms with E-state index in [1.165, 1.54) is 12.8 Å². The van der Waals surface area contributed by atoms with Crippen LogP contribution in [0.1, 0.15) is 45.4 Å². The van der Waals surface area contributed by atoms with Crippen LogP contribution in [0.4, 0.5) is 0 Å². The summed E-state index contributed by atoms with van der Waals surface area (Å²) in [5.41, 5.74) is -0.114. The Bertz CT molecular complexity index is 342. The van der Waals surface area contributed by atoms with Crippen LogP contribution in [0.3, 0.4) is 0 Å². The molecule has 2 aliphatic heterocycles. The molecule has 0 aromatic rings. The quantitative estimate of drug-likeness (QED) is 0.781. The average Bonchev–Trinajstić information content (AvgIpc) is 3.19. The highest BCUT2D eigenvalue weighted by Crippen LogP contribution is 2.37. The first-order chi connectivity index (χ1) is 9.21. The van der Waals surface area contributed by atoms with Crippen LogP contribution in [0.25, 0.3) is 0 Å². The molecule has 0 unspecified atom stereocenters. The largest absolute Gasteiger partial charge is 0.375 e. The molecule has 1 spiro atoms. The molecule has 0 aromatic carbocycles. The van der Waals surface area contributed by atoms with E-state index in [2.05, 4.69) is 0 Å². The molecule has 108 valence electrons. The second-order valence-corrected chi connectivity index (χ2v) is 6.37. The zero-order valence-corrected chi connectivity index (χ0v) is 11.9. The highest BCUT2D eigenvalue weighted by Gasteiger charge is 2.44. The first kappa shape index (κ1) is 13.4. The standard InChI is InChI=1S/C15H25NO3/c1-2-14(17)16-7-3-6-15(11-16)8-13(10-19-15)18-9-12-4-5-12/h12-13H,2-11H2,1H3/t13-,15-/m0/s1. The monoisotopic (exact) mass is 267 g/mol. The van der Waals surface area contributed by atoms with E-state index in [0.717, 1.165) is 44.9 Å². The van der Waals surface area contributed by atoms with Gasteiger partial charge in [-0.15, -0.1) is 0 Å². The van der Waals surface area contributed by atoms with Crippen molar-refractivity contribution in [1.29, 1.82) is 0 Å². The van der Waals surface area contributed by atoms with E-state index in [9.17, 15) is 4.79 Å². The number of likely N-dealkylation sites (tertiary alicyclic amines) is 1. The number of nitrogens with zero attached hydrogens (tertiary/aromatic N) is 1. The molecule has 1 aliphatic carbocycles. The molecule has 0 N–H and O–H groups in total. The Morgan fingerprint density at radius 3 is 3.05 bits per heavy atom. The first-order valence-corrected chi connectivity index (χ1v) is 7.74. The summed E-state index contributed by atoms with van der Waals surface area (Å²) in [7, 11) is 0. The molecule has 3 fully saturated rings. The van der Waals surface area contributed by atoms with E-state index in [1.54, 1.807) is 0 Å². The number of hydrogen-bond acceptors (Lipinski definition) is 3. The van der Waals surface area contributed by atoms with Crippen molar-refractivity contribution in [3.63, 3.8) is 0 Å². The third kappa shape index (κ3) is 3.11. The smallest absolute Gasteiger partial charge is 0.222 e. The Kier molecular flexibility index (Phi) is 3.81. The molecule has 19 heavy (non-hydrogen) atoms. The maximum Gasteiger partial charge on any atom is 0.222 e. The number of hydrogen-bond donors (Lipinski definition) is 0. The lowest BCUT2D eigenvalue weighted by Crippen LogP contribution is -2.50. The molecule has 0 aromatic heterocycles. The van der Waals surface area contributed by atoms with Crippen molar-refractivity contribution in [1.82, 2.24) is 4.90 Å². The summed E-state index contributed by atoms with van der Waals surface area (Å²) in [6, 6.07) is 0. The fraction of sp³-hybridized carbons (Fsp3) is 0.933. The van der Waals surface area contributed by atoms with E-state index in [4.69, 9.17) is 9.47 Å². The molecule has 4 heteroatoms. The van der Waals surface area contributed by atoms with E-state index in [0.29, 0.717) is 13.0 Å². The molecule has 1 saturated carbocycles. The van der Waals surface area contributed by atoms with E-state index in [-0.39, 0.29) is 17.6 Å². The average molecular weight is 267 g/mol. The summed E-state index contributed by atoms with van der Waals surface area (Å²) in [5, 5.41) is 0. The van der Waals surface area contributed by atoms with Crippen molar-refractivity contribution in [2.75, 3.05) is 26.3 Å². The van der Waals surface area contributed by atoms with Crippen LogP contribution in [0.5, 0.6) is 0 Å². The van der Waals surface area contributed by atoms with Crippen molar-refractivity contribution in [2.24, 2.45) is 5.92 Å². The Morgan fingerprint density at radius 1 is 1.47 bits per heavy atom. The van der Waals surface area contributed by atoms with Crippen LogP contribution in [0, 0.1) is 5.92 Å². The highest BCUT2D eigenvalue weighted by atomic mass is 16.6. The summed E-state index contributed by atoms with van der Waals surface area (Å²) in [5.74, 6) is 1.06. The summed E-state index contributed by atoms with van der Waals surface area (Å²) >= 11 is 0. The summed E-state index contributed by atoms with van der Waals surface area (Å²) < 4.78 is 12.0. The fourth-order valence-electron chi connectivity index (χ4n) is 3.29. The minimum absolute atomic E-state index is 0.114. The predicted octanol–water partition coefficient (Wildman–Crippen LogP) is 1.97. The number of rotatable bonds is 4. The van der Waals surface area contributed by atoms with E-state index >= 15 is 0 Å². The van der Waals surface area contributed by atoms with Gasteiger partial charge in [-0.05, 0) is 31.6 Å². The van der Waals surface area contributed by atoms with Crippen LogP contribution in [-0.2, 0) is 14.3 Å². The Balaban J connectivity index is 1.53. The van der Waals surface area contributed by atoms with Gasteiger partial charge in [0.1, 0.15) is 0 Å². The van der Waals surface area contributed by atoms with Gasteiger partial charge in [0.15, 0.2) is 0 Å². The molecule has 2 atom stereocenters. The lowest BCUT2D eigenvalue weighted by molar-refractivity contribution is -0.138. The van der Waals surface area contributed by atoms with Gasteiger partial charge >= 0.3 is 0 Å². The second kappa shape index (κ2) is 5.41. The Morgan fingerprint density at radius 2 is 2.32 bits per heavy atom. The van der Waals surface area contributed by atoms with Gasteiger partial charge in [0.05, 0.1) is 18.3 Å². The Labute approximate surface area is 115 Å². The van der Waals surface area contributed by atoms with Crippen LogP contribution in [0.2, 0.25) is 0 Å². The summed E-state index contributed by atoms with van der Waals surface area (Å²) in [6.45, 7) is 5.21. The van der Waals surface area contributed by atoms with Crippen LogP contribution in [0.15, 0.2) is 0 Å². The molecular weight excluding hydrogens is 242 g/mol. The number of amides is 1. The van der Waals surface area contributed by atoms with Crippen LogP contribution in [-0.4, -0.2) is 48.8 Å². The normalized spacial score (nSPS) is 35.0. The highest BCUT2D eigenvalue weighted by molar-refractivity contribution is 5.76. The molecule has 3 rings (SSSR count). The summed E-state index contributed by atoms with van der Waals surface area (Å²) in [4.78, 5) is 13.8. The molecular formula is C15H25NO3. The maximum absolute atomic E-state index is 11.9. The second-order valence-electron chi connectivity index (χ2n) is 6.37. The first-order valence-electron chi connectivity index (χ1n) is 7.74. The predicted molar refractivity (Wildman–Crippen MR) is 71.9 cm³/mol. The summed E-state index contributed by atoms with van der Waals surface area (Å²) in [6.07, 6.45) is 6.60. The van der Waals surface area contributed by atoms with E-state index in [1.807, 2.05) is 11.8 Å². The lowest BCUT2D eigenvalue weighted by Gasteiger charge is -2.39. The fourth-order valence-corrected chi connectivity index (χ4v) is 3.29. The van der Waals surface area contributed by atoms with Crippen LogP contribution >= 0.6 is 0 Å². The number of ether oxygens (including phenoxy) is 2. The molecule has 2 saturated heterocycles. The van der Waals surface area contributed by atoms with Gasteiger partial charge in [-0.2, -0.15) is 0 Å². The van der Waals surface area contributed by atoms with Crippen molar-refractivity contribution >= 4 is 5.91 Å². The minimum atomic E-state index is -0.114. The maximum atomic E-state index is 11.9. The topological polar surface area (TPSA) is 38.8 Å². The number of piperidine rings is 1. The van der Waals surface area contributed by atoms with Gasteiger partial charge in [-0.3, -0.25) is 4.79 Å². The van der Waals surface area contributed by atoms with Gasteiger partial charge in [0, 0.05) is 32.5 Å².